The van der Waals surface area contributed by atoms with Crippen LogP contribution >= 0.6 is 11.6 Å². The van der Waals surface area contributed by atoms with Gasteiger partial charge in [0.05, 0.1) is 37.2 Å². The number of ether oxygens (including phenoxy) is 3. The summed E-state index contributed by atoms with van der Waals surface area (Å²) >= 11 is 5.91. The number of carbonyl (C=O) groups is 2. The molecule has 31 heavy (non-hydrogen) atoms. The van der Waals surface area contributed by atoms with Gasteiger partial charge in [-0.25, -0.2) is 19.6 Å². The van der Waals surface area contributed by atoms with Crippen molar-refractivity contribution in [1.82, 2.24) is 15.3 Å². The summed E-state index contributed by atoms with van der Waals surface area (Å²) in [6.07, 6.45) is 2.54. The Balaban J connectivity index is 1.73. The molecule has 0 aliphatic carbocycles. The Morgan fingerprint density at radius 1 is 1.35 bits per heavy atom. The number of carbonyl (C=O) groups excluding carboxylic acids is 2. The zero-order valence-corrected chi connectivity index (χ0v) is 19.5. The Hall–Kier alpha value is -2.13. The van der Waals surface area contributed by atoms with E-state index in [1.54, 1.807) is 13.1 Å². The number of aromatic nitrogens is 2. The fourth-order valence-electron chi connectivity index (χ4n) is 4.27. The number of hydrogen-bond donors (Lipinski definition) is 1. The van der Waals surface area contributed by atoms with Crippen molar-refractivity contribution < 1.29 is 23.8 Å². The summed E-state index contributed by atoms with van der Waals surface area (Å²) in [6, 6.07) is -0.157. The van der Waals surface area contributed by atoms with E-state index < -0.39 is 17.7 Å². The van der Waals surface area contributed by atoms with Crippen molar-refractivity contribution in [1.29, 1.82) is 0 Å². The van der Waals surface area contributed by atoms with Crippen LogP contribution in [0.15, 0.2) is 6.20 Å². The first-order valence-corrected chi connectivity index (χ1v) is 11.0. The van der Waals surface area contributed by atoms with Crippen molar-refractivity contribution in [2.75, 3.05) is 31.2 Å². The number of anilines is 1. The molecule has 0 bridgehead atoms. The van der Waals surface area contributed by atoms with Gasteiger partial charge in [-0.3, -0.25) is 0 Å². The molecule has 2 aliphatic rings. The average Bonchev–Trinajstić information content (AvgIpc) is 2.97. The lowest BCUT2D eigenvalue weighted by Crippen LogP contribution is -2.55. The molecule has 1 N–H and O–H groups in total. The minimum Gasteiger partial charge on any atom is -0.461 e. The second-order valence-electron chi connectivity index (χ2n) is 9.08. The van der Waals surface area contributed by atoms with Gasteiger partial charge in [0.25, 0.3) is 0 Å². The highest BCUT2D eigenvalue weighted by atomic mass is 35.5. The first-order chi connectivity index (χ1) is 14.5. The summed E-state index contributed by atoms with van der Waals surface area (Å²) in [5, 5.41) is 3.03. The summed E-state index contributed by atoms with van der Waals surface area (Å²) < 4.78 is 16.5. The zero-order chi connectivity index (χ0) is 22.8. The molecule has 2 aliphatic heterocycles. The lowest BCUT2D eigenvalue weighted by molar-refractivity contribution is 0.0432. The molecule has 3 rings (SSSR count). The molecular formula is C21H31ClN4O5. The molecule has 2 saturated heterocycles. The number of rotatable bonds is 4. The quantitative estimate of drug-likeness (QED) is 0.546. The number of nitrogens with zero attached hydrogens (tertiary/aromatic N) is 3. The number of amides is 1. The summed E-state index contributed by atoms with van der Waals surface area (Å²) in [5.41, 5.74) is -0.00966. The molecule has 1 spiro atoms. The van der Waals surface area contributed by atoms with E-state index in [4.69, 9.17) is 25.8 Å². The Labute approximate surface area is 187 Å². The van der Waals surface area contributed by atoms with Gasteiger partial charge in [-0.2, -0.15) is 0 Å². The summed E-state index contributed by atoms with van der Waals surface area (Å²) in [6.45, 7) is 11.3. The van der Waals surface area contributed by atoms with Crippen LogP contribution in [0.2, 0.25) is 5.28 Å². The lowest BCUT2D eigenvalue weighted by atomic mass is 9.73. The van der Waals surface area contributed by atoms with Crippen molar-refractivity contribution in [3.8, 4) is 0 Å². The molecule has 172 valence electrons. The van der Waals surface area contributed by atoms with E-state index in [9.17, 15) is 9.59 Å². The monoisotopic (exact) mass is 454 g/mol. The van der Waals surface area contributed by atoms with Crippen molar-refractivity contribution in [2.45, 2.75) is 65.2 Å². The van der Waals surface area contributed by atoms with Crippen LogP contribution in [0.5, 0.6) is 0 Å². The van der Waals surface area contributed by atoms with Gasteiger partial charge in [-0.15, -0.1) is 0 Å². The second kappa shape index (κ2) is 9.16. The minimum absolute atomic E-state index is 0.0000692. The molecule has 0 unspecified atom stereocenters. The normalized spacial score (nSPS) is 23.0. The highest BCUT2D eigenvalue weighted by molar-refractivity contribution is 6.28. The Kier molecular flexibility index (Phi) is 6.95. The number of piperidine rings is 1. The van der Waals surface area contributed by atoms with Crippen LogP contribution in [0, 0.1) is 5.41 Å². The first-order valence-electron chi connectivity index (χ1n) is 10.6. The van der Waals surface area contributed by atoms with Crippen LogP contribution in [0.25, 0.3) is 0 Å². The molecule has 1 aromatic rings. The average molecular weight is 455 g/mol. The van der Waals surface area contributed by atoms with E-state index in [1.807, 2.05) is 27.7 Å². The molecule has 3 heterocycles. The number of nitrogens with one attached hydrogen (secondary N) is 1. The van der Waals surface area contributed by atoms with Gasteiger partial charge >= 0.3 is 12.1 Å². The molecule has 0 saturated carbocycles. The van der Waals surface area contributed by atoms with Crippen LogP contribution in [0.1, 0.15) is 57.9 Å². The SMILES string of the molecule is CCOC(=O)c1nc(Cl)ncc1N1CCC2(CC1)CO[C@@H](C)[C@H]2NC(=O)OC(C)(C)C. The smallest absolute Gasteiger partial charge is 0.407 e. The van der Waals surface area contributed by atoms with Crippen molar-refractivity contribution >= 4 is 29.4 Å². The van der Waals surface area contributed by atoms with Gasteiger partial charge in [0.15, 0.2) is 5.69 Å². The van der Waals surface area contributed by atoms with Crippen LogP contribution in [0.4, 0.5) is 10.5 Å². The Morgan fingerprint density at radius 2 is 2.03 bits per heavy atom. The molecule has 0 aromatic carbocycles. The maximum atomic E-state index is 12.4. The first kappa shape index (κ1) is 23.5. The van der Waals surface area contributed by atoms with Gasteiger partial charge in [-0.1, -0.05) is 0 Å². The van der Waals surface area contributed by atoms with Gasteiger partial charge < -0.3 is 24.4 Å². The van der Waals surface area contributed by atoms with Gasteiger partial charge in [-0.05, 0) is 59.1 Å². The van der Waals surface area contributed by atoms with E-state index in [0.29, 0.717) is 25.4 Å². The Bertz CT molecular complexity index is 820. The lowest BCUT2D eigenvalue weighted by Gasteiger charge is -2.43. The van der Waals surface area contributed by atoms with Crippen LogP contribution in [-0.4, -0.2) is 66.1 Å². The predicted molar refractivity (Wildman–Crippen MR) is 115 cm³/mol. The number of esters is 1. The molecule has 1 amide bonds. The summed E-state index contributed by atoms with van der Waals surface area (Å²) in [5.74, 6) is -0.524. The van der Waals surface area contributed by atoms with E-state index >= 15 is 0 Å². The molecule has 2 atom stereocenters. The largest absolute Gasteiger partial charge is 0.461 e. The van der Waals surface area contributed by atoms with Crippen molar-refractivity contribution in [3.05, 3.63) is 17.2 Å². The maximum Gasteiger partial charge on any atom is 0.407 e. The predicted octanol–water partition coefficient (Wildman–Crippen LogP) is 3.21. The molecule has 0 radical (unpaired) electrons. The standard InChI is InChI=1S/C21H31ClN4O5/c1-6-29-17(27)15-14(11-23-18(22)24-15)26-9-7-21(8-10-26)12-30-13(2)16(21)25-19(28)31-20(3,4)5/h11,13,16H,6-10,12H2,1-5H3,(H,25,28)/t13-,16+/m0/s1. The topological polar surface area (TPSA) is 103 Å². The minimum atomic E-state index is -0.568. The third-order valence-corrected chi connectivity index (χ3v) is 5.93. The zero-order valence-electron chi connectivity index (χ0n) is 18.7. The summed E-state index contributed by atoms with van der Waals surface area (Å²) in [7, 11) is 0. The van der Waals surface area contributed by atoms with Crippen molar-refractivity contribution in [2.24, 2.45) is 5.41 Å². The van der Waals surface area contributed by atoms with Gasteiger partial charge in [0.2, 0.25) is 5.28 Å². The van der Waals surface area contributed by atoms with E-state index in [2.05, 4.69) is 20.2 Å². The fourth-order valence-corrected chi connectivity index (χ4v) is 4.40. The maximum absolute atomic E-state index is 12.4. The van der Waals surface area contributed by atoms with E-state index in [1.165, 1.54) is 0 Å². The number of alkyl carbamates (subject to hydrolysis) is 1. The third kappa shape index (κ3) is 5.38. The summed E-state index contributed by atoms with van der Waals surface area (Å²) in [4.78, 5) is 35.0. The molecular weight excluding hydrogens is 424 g/mol. The highest BCUT2D eigenvalue weighted by Gasteiger charge is 2.50. The molecule has 1 aromatic heterocycles. The number of halogens is 1. The van der Waals surface area contributed by atoms with Crippen LogP contribution in [0.3, 0.4) is 0 Å². The van der Waals surface area contributed by atoms with Crippen molar-refractivity contribution in [3.63, 3.8) is 0 Å². The van der Waals surface area contributed by atoms with Gasteiger partial charge in [0.1, 0.15) is 5.60 Å². The Morgan fingerprint density at radius 3 is 2.65 bits per heavy atom. The number of hydrogen-bond acceptors (Lipinski definition) is 8. The molecule has 10 heteroatoms. The van der Waals surface area contributed by atoms with Crippen LogP contribution in [-0.2, 0) is 14.2 Å². The fraction of sp³-hybridized carbons (Fsp3) is 0.714. The van der Waals surface area contributed by atoms with Crippen LogP contribution < -0.4 is 10.2 Å². The third-order valence-electron chi connectivity index (χ3n) is 5.74. The molecule has 9 nitrogen and oxygen atoms in total. The highest BCUT2D eigenvalue weighted by Crippen LogP contribution is 2.43. The van der Waals surface area contributed by atoms with E-state index in [-0.39, 0.29) is 35.1 Å². The molecule has 2 fully saturated rings. The van der Waals surface area contributed by atoms with Gasteiger partial charge in [0, 0.05) is 18.5 Å². The second-order valence-corrected chi connectivity index (χ2v) is 9.42. The van der Waals surface area contributed by atoms with E-state index in [0.717, 1.165) is 12.8 Å².